The van der Waals surface area contributed by atoms with Gasteiger partial charge in [-0.2, -0.15) is 31.3 Å². The number of hydrogen-bond donors (Lipinski definition) is 4. The van der Waals surface area contributed by atoms with Gasteiger partial charge in [0.25, 0.3) is 5.56 Å². The second-order valence-corrected chi connectivity index (χ2v) is 7.75. The van der Waals surface area contributed by atoms with Gasteiger partial charge in [0.05, 0.1) is 22.6 Å². The minimum Gasteiger partial charge on any atom is -0.326 e. The van der Waals surface area contributed by atoms with Crippen molar-refractivity contribution in [1.29, 1.82) is 0 Å². The highest BCUT2D eigenvalue weighted by molar-refractivity contribution is 6.04. The van der Waals surface area contributed by atoms with E-state index in [0.717, 1.165) is 30.3 Å². The Morgan fingerprint density at radius 3 is 2.11 bits per heavy atom. The molecule has 0 spiro atoms. The van der Waals surface area contributed by atoms with Crippen LogP contribution < -0.4 is 21.5 Å². The van der Waals surface area contributed by atoms with Gasteiger partial charge in [-0.25, -0.2) is 0 Å². The van der Waals surface area contributed by atoms with E-state index < -0.39 is 53.2 Å². The van der Waals surface area contributed by atoms with E-state index in [2.05, 4.69) is 25.9 Å². The summed E-state index contributed by atoms with van der Waals surface area (Å²) < 4.78 is 77.7. The van der Waals surface area contributed by atoms with E-state index in [1.54, 1.807) is 0 Å². The van der Waals surface area contributed by atoms with Crippen LogP contribution in [-0.2, 0) is 21.9 Å². The van der Waals surface area contributed by atoms with Gasteiger partial charge in [-0.1, -0.05) is 12.1 Å². The Kier molecular flexibility index (Phi) is 6.20. The van der Waals surface area contributed by atoms with E-state index in [1.807, 2.05) is 0 Å². The maximum atomic E-state index is 13.0. The van der Waals surface area contributed by atoms with Crippen LogP contribution in [0.2, 0.25) is 0 Å². The molecule has 4 N–H and O–H groups in total. The minimum absolute atomic E-state index is 0.0612. The van der Waals surface area contributed by atoms with Crippen LogP contribution in [0, 0.1) is 0 Å². The van der Waals surface area contributed by atoms with Gasteiger partial charge >= 0.3 is 12.4 Å². The van der Waals surface area contributed by atoms with Gasteiger partial charge in [0, 0.05) is 17.8 Å². The van der Waals surface area contributed by atoms with Crippen molar-refractivity contribution in [3.05, 3.63) is 75.6 Å². The minimum atomic E-state index is -4.65. The number of fused-ring (bicyclic) bond motifs is 1. The zero-order chi connectivity index (χ0) is 26.3. The summed E-state index contributed by atoms with van der Waals surface area (Å²) in [5.74, 6) is -3.63. The molecule has 0 saturated carbocycles. The molecule has 1 atom stereocenters. The molecule has 14 heteroatoms. The Balaban J connectivity index is 1.62. The molecular formula is C22H15F6N5O3. The van der Waals surface area contributed by atoms with E-state index in [9.17, 15) is 40.7 Å². The first-order valence-electron chi connectivity index (χ1n) is 10.2. The average Bonchev–Trinajstić information content (AvgIpc) is 2.77. The van der Waals surface area contributed by atoms with Crippen LogP contribution in [0.5, 0.6) is 0 Å². The third kappa shape index (κ3) is 5.31. The largest absolute Gasteiger partial charge is 0.416 e. The van der Waals surface area contributed by atoms with Gasteiger partial charge in [0.2, 0.25) is 17.8 Å². The van der Waals surface area contributed by atoms with E-state index in [-0.39, 0.29) is 28.7 Å². The quantitative estimate of drug-likeness (QED) is 0.382. The van der Waals surface area contributed by atoms with Gasteiger partial charge < -0.3 is 16.0 Å². The molecule has 1 aromatic heterocycles. The monoisotopic (exact) mass is 511 g/mol. The number of rotatable bonds is 4. The number of amides is 2. The number of hydrogen-bond acceptors (Lipinski definition) is 5. The number of carbonyl (C=O) groups is 2. The molecule has 3 aromatic rings. The molecule has 2 heterocycles. The lowest BCUT2D eigenvalue weighted by atomic mass is 9.92. The first-order valence-corrected chi connectivity index (χ1v) is 10.2. The molecule has 1 unspecified atom stereocenters. The second kappa shape index (κ2) is 9.02. The zero-order valence-electron chi connectivity index (χ0n) is 17.8. The van der Waals surface area contributed by atoms with Crippen LogP contribution in [0.15, 0.2) is 53.3 Å². The molecular weight excluding hydrogens is 496 g/mol. The summed E-state index contributed by atoms with van der Waals surface area (Å²) in [5, 5.41) is 7.09. The smallest absolute Gasteiger partial charge is 0.326 e. The highest BCUT2D eigenvalue weighted by Crippen LogP contribution is 2.34. The van der Waals surface area contributed by atoms with E-state index in [1.165, 1.54) is 12.1 Å². The highest BCUT2D eigenvalue weighted by Gasteiger charge is 2.36. The number of anilines is 4. The summed E-state index contributed by atoms with van der Waals surface area (Å²) in [6, 6.07) is 7.86. The van der Waals surface area contributed by atoms with Crippen molar-refractivity contribution in [2.45, 2.75) is 24.7 Å². The van der Waals surface area contributed by atoms with Crippen molar-refractivity contribution in [3.63, 3.8) is 0 Å². The topological polar surface area (TPSA) is 116 Å². The standard InChI is InChI=1S/C22H15F6N5O3/c23-21(24,25)10-3-1-5-12(7-10)29-18(35)14-9-15(34)31-17-16(14)19(36)33-20(32-17)30-13-6-2-4-11(8-13)22(26,27)28/h1-8,14H,9H2,(H,29,35)(H3,30,31,32,33,34,36). The highest BCUT2D eigenvalue weighted by atomic mass is 19.4. The molecule has 188 valence electrons. The summed E-state index contributed by atoms with van der Waals surface area (Å²) in [5.41, 5.74) is -3.35. The van der Waals surface area contributed by atoms with Gasteiger partial charge in [0.15, 0.2) is 0 Å². The SMILES string of the molecule is O=C1CC(C(=O)Nc2cccc(C(F)(F)F)c2)c2c(nc(Nc3cccc(C(F)(F)F)c3)[nH]c2=O)N1. The van der Waals surface area contributed by atoms with Crippen LogP contribution in [-0.4, -0.2) is 21.8 Å². The number of halogens is 6. The fourth-order valence-electron chi connectivity index (χ4n) is 3.57. The molecule has 1 aliphatic heterocycles. The maximum Gasteiger partial charge on any atom is 0.416 e. The van der Waals surface area contributed by atoms with Crippen molar-refractivity contribution >= 4 is 35.0 Å². The predicted molar refractivity (Wildman–Crippen MR) is 116 cm³/mol. The van der Waals surface area contributed by atoms with Gasteiger partial charge in [0.1, 0.15) is 5.82 Å². The van der Waals surface area contributed by atoms with E-state index in [0.29, 0.717) is 6.07 Å². The third-order valence-electron chi connectivity index (χ3n) is 5.18. The molecule has 36 heavy (non-hydrogen) atoms. The van der Waals surface area contributed by atoms with Crippen molar-refractivity contribution in [2.24, 2.45) is 0 Å². The van der Waals surface area contributed by atoms with Gasteiger partial charge in [-0.15, -0.1) is 0 Å². The number of H-pyrrole nitrogens is 1. The average molecular weight is 511 g/mol. The third-order valence-corrected chi connectivity index (χ3v) is 5.18. The number of benzene rings is 2. The van der Waals surface area contributed by atoms with Crippen molar-refractivity contribution in [1.82, 2.24) is 9.97 Å². The number of alkyl halides is 6. The summed E-state index contributed by atoms with van der Waals surface area (Å²) >= 11 is 0. The van der Waals surface area contributed by atoms with Crippen LogP contribution >= 0.6 is 0 Å². The first kappa shape index (κ1) is 24.8. The van der Waals surface area contributed by atoms with E-state index >= 15 is 0 Å². The molecule has 4 rings (SSSR count). The lowest BCUT2D eigenvalue weighted by Crippen LogP contribution is -2.36. The maximum absolute atomic E-state index is 13.0. The summed E-state index contributed by atoms with van der Waals surface area (Å²) in [4.78, 5) is 44.0. The number of carbonyl (C=O) groups excluding carboxylic acids is 2. The van der Waals surface area contributed by atoms with Crippen LogP contribution in [0.3, 0.4) is 0 Å². The fraction of sp³-hybridized carbons (Fsp3) is 0.182. The Morgan fingerprint density at radius 2 is 1.50 bits per heavy atom. The normalized spacial score (nSPS) is 15.6. The van der Waals surface area contributed by atoms with Gasteiger partial charge in [-0.05, 0) is 36.4 Å². The molecule has 8 nitrogen and oxygen atoms in total. The molecule has 0 bridgehead atoms. The molecule has 0 fully saturated rings. The first-order chi connectivity index (χ1) is 16.8. The molecule has 2 amide bonds. The molecule has 0 aliphatic carbocycles. The lowest BCUT2D eigenvalue weighted by Gasteiger charge is -2.24. The number of nitrogens with one attached hydrogen (secondary N) is 4. The number of aromatic amines is 1. The summed E-state index contributed by atoms with van der Waals surface area (Å²) in [6.45, 7) is 0. The van der Waals surface area contributed by atoms with Crippen molar-refractivity contribution in [2.75, 3.05) is 16.0 Å². The summed E-state index contributed by atoms with van der Waals surface area (Å²) in [6.07, 6.45) is -9.74. The Labute approximate surface area is 197 Å². The molecule has 1 aliphatic rings. The van der Waals surface area contributed by atoms with E-state index in [4.69, 9.17) is 0 Å². The number of nitrogens with zero attached hydrogens (tertiary/aromatic N) is 1. The second-order valence-electron chi connectivity index (χ2n) is 7.75. The molecule has 0 radical (unpaired) electrons. The van der Waals surface area contributed by atoms with Crippen LogP contribution in [0.1, 0.15) is 29.0 Å². The lowest BCUT2D eigenvalue weighted by molar-refractivity contribution is -0.138. The Bertz CT molecular complexity index is 1400. The van der Waals surface area contributed by atoms with Crippen molar-refractivity contribution < 1.29 is 35.9 Å². The fourth-order valence-corrected chi connectivity index (χ4v) is 3.57. The van der Waals surface area contributed by atoms with Crippen LogP contribution in [0.25, 0.3) is 0 Å². The molecule has 2 aromatic carbocycles. The Morgan fingerprint density at radius 1 is 0.917 bits per heavy atom. The van der Waals surface area contributed by atoms with Crippen LogP contribution in [0.4, 0.5) is 49.5 Å². The Hall–Kier alpha value is -4.36. The summed E-state index contributed by atoms with van der Waals surface area (Å²) in [7, 11) is 0. The van der Waals surface area contributed by atoms with Crippen molar-refractivity contribution in [3.8, 4) is 0 Å². The molecule has 0 saturated heterocycles. The predicted octanol–water partition coefficient (Wildman–Crippen LogP) is 4.62. The van der Waals surface area contributed by atoms with Gasteiger partial charge in [-0.3, -0.25) is 19.4 Å². The number of aromatic nitrogens is 2. The zero-order valence-corrected chi connectivity index (χ0v) is 17.8.